The van der Waals surface area contributed by atoms with Crippen LogP contribution in [0.25, 0.3) is 0 Å². The SMILES string of the molecule is Cc1ccc(OC(C)C(=O)Nc2ccccc2OC(C)C)cc1C. The molecule has 0 heterocycles. The van der Waals surface area contributed by atoms with Gasteiger partial charge in [-0.25, -0.2) is 0 Å². The Labute approximate surface area is 143 Å². The lowest BCUT2D eigenvalue weighted by atomic mass is 10.1. The Bertz CT molecular complexity index is 710. The van der Waals surface area contributed by atoms with Crippen molar-refractivity contribution in [3.05, 3.63) is 53.6 Å². The molecule has 0 saturated heterocycles. The summed E-state index contributed by atoms with van der Waals surface area (Å²) < 4.78 is 11.5. The van der Waals surface area contributed by atoms with Crippen molar-refractivity contribution in [3.63, 3.8) is 0 Å². The molecule has 0 saturated carbocycles. The van der Waals surface area contributed by atoms with Crippen LogP contribution in [0.15, 0.2) is 42.5 Å². The van der Waals surface area contributed by atoms with Gasteiger partial charge in [-0.3, -0.25) is 4.79 Å². The average molecular weight is 327 g/mol. The molecule has 2 aromatic carbocycles. The summed E-state index contributed by atoms with van der Waals surface area (Å²) in [7, 11) is 0. The zero-order chi connectivity index (χ0) is 17.7. The highest BCUT2D eigenvalue weighted by atomic mass is 16.5. The molecule has 0 spiro atoms. The van der Waals surface area contributed by atoms with Crippen LogP contribution in [-0.2, 0) is 4.79 Å². The number of amides is 1. The fourth-order valence-corrected chi connectivity index (χ4v) is 2.21. The van der Waals surface area contributed by atoms with E-state index in [-0.39, 0.29) is 12.0 Å². The van der Waals surface area contributed by atoms with Crippen LogP contribution < -0.4 is 14.8 Å². The molecule has 1 atom stereocenters. The van der Waals surface area contributed by atoms with Crippen molar-refractivity contribution in [1.82, 2.24) is 0 Å². The molecule has 128 valence electrons. The number of anilines is 1. The fourth-order valence-electron chi connectivity index (χ4n) is 2.21. The number of ether oxygens (including phenoxy) is 2. The molecule has 2 rings (SSSR count). The topological polar surface area (TPSA) is 47.6 Å². The summed E-state index contributed by atoms with van der Waals surface area (Å²) in [6.07, 6.45) is -0.577. The second kappa shape index (κ2) is 7.86. The van der Waals surface area contributed by atoms with E-state index in [1.807, 2.05) is 70.2 Å². The van der Waals surface area contributed by atoms with Crippen LogP contribution in [0.4, 0.5) is 5.69 Å². The second-order valence-corrected chi connectivity index (χ2v) is 6.16. The van der Waals surface area contributed by atoms with Crippen LogP contribution in [0, 0.1) is 13.8 Å². The Morgan fingerprint density at radius 2 is 1.67 bits per heavy atom. The van der Waals surface area contributed by atoms with Crippen molar-refractivity contribution >= 4 is 11.6 Å². The van der Waals surface area contributed by atoms with Crippen molar-refractivity contribution in [2.75, 3.05) is 5.32 Å². The first-order chi connectivity index (χ1) is 11.4. The number of nitrogens with one attached hydrogen (secondary N) is 1. The maximum Gasteiger partial charge on any atom is 0.265 e. The fraction of sp³-hybridized carbons (Fsp3) is 0.350. The molecule has 0 aliphatic heterocycles. The van der Waals surface area contributed by atoms with Crippen molar-refractivity contribution in [2.45, 2.75) is 46.8 Å². The molecule has 0 bridgehead atoms. The van der Waals surface area contributed by atoms with Gasteiger partial charge in [-0.05, 0) is 70.0 Å². The van der Waals surface area contributed by atoms with E-state index in [1.165, 1.54) is 5.56 Å². The number of carbonyl (C=O) groups is 1. The number of benzene rings is 2. The van der Waals surface area contributed by atoms with Gasteiger partial charge in [0.2, 0.25) is 0 Å². The normalized spacial score (nSPS) is 11.9. The highest BCUT2D eigenvalue weighted by Gasteiger charge is 2.17. The van der Waals surface area contributed by atoms with E-state index in [1.54, 1.807) is 6.92 Å². The average Bonchev–Trinajstić information content (AvgIpc) is 2.52. The Morgan fingerprint density at radius 1 is 0.958 bits per heavy atom. The van der Waals surface area contributed by atoms with E-state index in [0.29, 0.717) is 17.2 Å². The van der Waals surface area contributed by atoms with Crippen LogP contribution in [0.1, 0.15) is 31.9 Å². The van der Waals surface area contributed by atoms with Gasteiger partial charge in [0.1, 0.15) is 11.5 Å². The number of rotatable bonds is 6. The van der Waals surface area contributed by atoms with Gasteiger partial charge in [0.15, 0.2) is 6.10 Å². The quantitative estimate of drug-likeness (QED) is 0.850. The minimum Gasteiger partial charge on any atom is -0.489 e. The number of aryl methyl sites for hydroxylation is 2. The Balaban J connectivity index is 2.05. The molecule has 2 aromatic rings. The lowest BCUT2D eigenvalue weighted by Crippen LogP contribution is -2.30. The predicted molar refractivity (Wildman–Crippen MR) is 96.8 cm³/mol. The third kappa shape index (κ3) is 4.75. The van der Waals surface area contributed by atoms with Crippen LogP contribution in [0.5, 0.6) is 11.5 Å². The maximum absolute atomic E-state index is 12.4. The Hall–Kier alpha value is -2.49. The Morgan fingerprint density at radius 3 is 2.33 bits per heavy atom. The first kappa shape index (κ1) is 17.9. The molecule has 0 fully saturated rings. The summed E-state index contributed by atoms with van der Waals surface area (Å²) in [5.74, 6) is 1.12. The number of hydrogen-bond acceptors (Lipinski definition) is 3. The van der Waals surface area contributed by atoms with Gasteiger partial charge < -0.3 is 14.8 Å². The van der Waals surface area contributed by atoms with Gasteiger partial charge in [0, 0.05) is 0 Å². The van der Waals surface area contributed by atoms with Gasteiger partial charge in [0.25, 0.3) is 5.91 Å². The van der Waals surface area contributed by atoms with Crippen molar-refractivity contribution in [1.29, 1.82) is 0 Å². The highest BCUT2D eigenvalue weighted by molar-refractivity contribution is 5.95. The van der Waals surface area contributed by atoms with Crippen LogP contribution in [0.3, 0.4) is 0 Å². The summed E-state index contributed by atoms with van der Waals surface area (Å²) in [4.78, 5) is 12.4. The molecule has 0 aromatic heterocycles. The third-order valence-corrected chi connectivity index (χ3v) is 3.67. The van der Waals surface area contributed by atoms with Crippen LogP contribution in [-0.4, -0.2) is 18.1 Å². The minimum atomic E-state index is -0.612. The lowest BCUT2D eigenvalue weighted by Gasteiger charge is -2.18. The van der Waals surface area contributed by atoms with Crippen LogP contribution >= 0.6 is 0 Å². The van der Waals surface area contributed by atoms with Crippen molar-refractivity contribution in [3.8, 4) is 11.5 Å². The monoisotopic (exact) mass is 327 g/mol. The lowest BCUT2D eigenvalue weighted by molar-refractivity contribution is -0.122. The van der Waals surface area contributed by atoms with Gasteiger partial charge in [-0.15, -0.1) is 0 Å². The second-order valence-electron chi connectivity index (χ2n) is 6.16. The number of para-hydroxylation sites is 2. The van der Waals surface area contributed by atoms with E-state index in [2.05, 4.69) is 5.32 Å². The summed E-state index contributed by atoms with van der Waals surface area (Å²) in [5.41, 5.74) is 2.97. The predicted octanol–water partition coefficient (Wildman–Crippen LogP) is 4.50. The van der Waals surface area contributed by atoms with Gasteiger partial charge in [-0.1, -0.05) is 18.2 Å². The molecular weight excluding hydrogens is 302 g/mol. The molecule has 1 amide bonds. The highest BCUT2D eigenvalue weighted by Crippen LogP contribution is 2.25. The van der Waals surface area contributed by atoms with E-state index < -0.39 is 6.10 Å². The largest absolute Gasteiger partial charge is 0.489 e. The van der Waals surface area contributed by atoms with Gasteiger partial charge in [-0.2, -0.15) is 0 Å². The number of carbonyl (C=O) groups excluding carboxylic acids is 1. The van der Waals surface area contributed by atoms with Gasteiger partial charge in [0.05, 0.1) is 11.8 Å². The van der Waals surface area contributed by atoms with E-state index >= 15 is 0 Å². The first-order valence-electron chi connectivity index (χ1n) is 8.17. The third-order valence-electron chi connectivity index (χ3n) is 3.67. The van der Waals surface area contributed by atoms with E-state index in [4.69, 9.17) is 9.47 Å². The van der Waals surface area contributed by atoms with E-state index in [9.17, 15) is 4.79 Å². The van der Waals surface area contributed by atoms with Crippen LogP contribution in [0.2, 0.25) is 0 Å². The summed E-state index contributed by atoms with van der Waals surface area (Å²) in [5, 5.41) is 2.87. The van der Waals surface area contributed by atoms with E-state index in [0.717, 1.165) is 5.56 Å². The Kier molecular flexibility index (Phi) is 5.85. The number of hydrogen-bond donors (Lipinski definition) is 1. The molecular formula is C20H25NO3. The summed E-state index contributed by atoms with van der Waals surface area (Å²) in [6.45, 7) is 9.69. The standard InChI is InChI=1S/C20H25NO3/c1-13(2)23-19-9-7-6-8-18(19)21-20(22)16(5)24-17-11-10-14(3)15(4)12-17/h6-13,16H,1-5H3,(H,21,22). The molecule has 24 heavy (non-hydrogen) atoms. The van der Waals surface area contributed by atoms with Crippen molar-refractivity contribution in [2.24, 2.45) is 0 Å². The molecule has 0 aliphatic carbocycles. The smallest absolute Gasteiger partial charge is 0.265 e. The molecule has 0 aliphatic rings. The molecule has 1 unspecified atom stereocenters. The summed E-state index contributed by atoms with van der Waals surface area (Å²) in [6, 6.07) is 13.2. The summed E-state index contributed by atoms with van der Waals surface area (Å²) >= 11 is 0. The minimum absolute atomic E-state index is 0.0345. The molecule has 4 heteroatoms. The maximum atomic E-state index is 12.4. The van der Waals surface area contributed by atoms with Crippen molar-refractivity contribution < 1.29 is 14.3 Å². The van der Waals surface area contributed by atoms with Gasteiger partial charge >= 0.3 is 0 Å². The molecule has 0 radical (unpaired) electrons. The zero-order valence-corrected chi connectivity index (χ0v) is 14.9. The zero-order valence-electron chi connectivity index (χ0n) is 14.9. The first-order valence-corrected chi connectivity index (χ1v) is 8.17. The molecule has 1 N–H and O–H groups in total. The molecule has 4 nitrogen and oxygen atoms in total.